The van der Waals surface area contributed by atoms with E-state index in [4.69, 9.17) is 19.9 Å². The van der Waals surface area contributed by atoms with Crippen molar-refractivity contribution >= 4 is 23.1 Å². The number of Topliss-reactive ketones (excluding diaryl/α,β-unsaturated/α-hetero) is 2. The van der Waals surface area contributed by atoms with Crippen LogP contribution in [0.3, 0.4) is 0 Å². The third kappa shape index (κ3) is 3.92. The van der Waals surface area contributed by atoms with Crippen molar-refractivity contribution in [1.29, 1.82) is 0 Å². The zero-order valence-electron chi connectivity index (χ0n) is 22.0. The molecule has 6 rings (SSSR count). The molecule has 210 valence electrons. The van der Waals surface area contributed by atoms with E-state index in [1.807, 2.05) is 0 Å². The summed E-state index contributed by atoms with van der Waals surface area (Å²) >= 11 is 0. The van der Waals surface area contributed by atoms with Gasteiger partial charge < -0.3 is 40.2 Å². The zero-order chi connectivity index (χ0) is 28.5. The number of rotatable bonds is 5. The van der Waals surface area contributed by atoms with Crippen molar-refractivity contribution < 1.29 is 43.9 Å². The van der Waals surface area contributed by atoms with Gasteiger partial charge in [0.1, 0.15) is 29.3 Å². The molecule has 11 nitrogen and oxygen atoms in total. The number of aliphatic hydroxyl groups excluding tert-OH is 2. The number of hydrogen-bond donors (Lipinski definition) is 4. The summed E-state index contributed by atoms with van der Waals surface area (Å²) in [5.74, 6) is -1.77. The van der Waals surface area contributed by atoms with E-state index >= 15 is 0 Å². The number of carbonyl (C=O) groups excluding carboxylic acids is 3. The summed E-state index contributed by atoms with van der Waals surface area (Å²) in [4.78, 5) is 43.1. The molecule has 11 heteroatoms. The molecule has 0 saturated carbocycles. The molecule has 0 aromatic heterocycles. The van der Waals surface area contributed by atoms with Gasteiger partial charge in [-0.05, 0) is 57.0 Å². The number of phenols is 1. The number of aromatic hydroxyl groups is 1. The molecule has 40 heavy (non-hydrogen) atoms. The van der Waals surface area contributed by atoms with Crippen LogP contribution in [0, 0.1) is 6.92 Å². The summed E-state index contributed by atoms with van der Waals surface area (Å²) in [5.41, 5.74) is 6.99. The number of fused-ring (bicyclic) bond motifs is 6. The highest BCUT2D eigenvalue weighted by atomic mass is 16.7. The van der Waals surface area contributed by atoms with Gasteiger partial charge in [0.25, 0.3) is 0 Å². The van der Waals surface area contributed by atoms with Crippen molar-refractivity contribution in [3.05, 3.63) is 63.8 Å². The summed E-state index contributed by atoms with van der Waals surface area (Å²) < 4.78 is 17.4. The van der Waals surface area contributed by atoms with Crippen molar-refractivity contribution in [2.45, 2.75) is 70.0 Å². The molecule has 2 aromatic rings. The van der Waals surface area contributed by atoms with Crippen molar-refractivity contribution in [1.82, 2.24) is 4.90 Å². The largest absolute Gasteiger partial charge is 0.507 e. The van der Waals surface area contributed by atoms with Crippen molar-refractivity contribution in [2.24, 2.45) is 5.73 Å². The molecule has 4 aliphatic rings. The Labute approximate surface area is 229 Å². The number of esters is 1. The molecule has 6 atom stereocenters. The number of allylic oxidation sites excluding steroid dienone is 2. The molecule has 2 aromatic carbocycles. The monoisotopic (exact) mass is 550 g/mol. The Morgan fingerprint density at radius 1 is 1.12 bits per heavy atom. The Morgan fingerprint density at radius 3 is 2.62 bits per heavy atom. The number of benzene rings is 2. The fourth-order valence-electron chi connectivity index (χ4n) is 6.09. The number of nitrogens with two attached hydrogens (primary N) is 1. The van der Waals surface area contributed by atoms with Crippen LogP contribution in [-0.4, -0.2) is 74.9 Å². The van der Waals surface area contributed by atoms with Crippen molar-refractivity contribution in [2.75, 3.05) is 6.54 Å². The molecular weight excluding hydrogens is 520 g/mol. The van der Waals surface area contributed by atoms with Crippen LogP contribution in [0.15, 0.2) is 36.0 Å². The van der Waals surface area contributed by atoms with Crippen LogP contribution in [-0.2, 0) is 14.3 Å². The topological polar surface area (TPSA) is 169 Å². The minimum atomic E-state index is -1.10. The number of ether oxygens (including phenoxy) is 3. The highest BCUT2D eigenvalue weighted by Crippen LogP contribution is 2.52. The van der Waals surface area contributed by atoms with Crippen LogP contribution in [0.25, 0.3) is 5.57 Å². The predicted molar refractivity (Wildman–Crippen MR) is 139 cm³/mol. The number of hydrogen-bond acceptors (Lipinski definition) is 11. The Balaban J connectivity index is 1.50. The quantitative estimate of drug-likeness (QED) is 0.400. The van der Waals surface area contributed by atoms with E-state index in [9.17, 15) is 29.7 Å². The zero-order valence-corrected chi connectivity index (χ0v) is 22.0. The number of phenolic OH excluding ortho intramolecular Hbond substituents is 1. The Bertz CT molecular complexity index is 1460. The second-order valence-corrected chi connectivity index (χ2v) is 10.6. The summed E-state index contributed by atoms with van der Waals surface area (Å²) in [6.07, 6.45) is -4.18. The minimum absolute atomic E-state index is 0.00414. The first-order valence-electron chi connectivity index (χ1n) is 13.3. The van der Waals surface area contributed by atoms with Crippen LogP contribution in [0.4, 0.5) is 0 Å². The van der Waals surface area contributed by atoms with Crippen LogP contribution in [0.1, 0.15) is 69.8 Å². The summed E-state index contributed by atoms with van der Waals surface area (Å²) in [5, 5.41) is 31.3. The van der Waals surface area contributed by atoms with Crippen molar-refractivity contribution in [3.63, 3.8) is 0 Å². The van der Waals surface area contributed by atoms with Crippen LogP contribution in [0.5, 0.6) is 11.5 Å². The molecule has 0 bridgehead atoms. The average Bonchev–Trinajstić information content (AvgIpc) is 3.24. The van der Waals surface area contributed by atoms with E-state index in [-0.39, 0.29) is 45.9 Å². The lowest BCUT2D eigenvalue weighted by Crippen LogP contribution is -2.48. The molecule has 5 N–H and O–H groups in total. The van der Waals surface area contributed by atoms with Gasteiger partial charge in [0.05, 0.1) is 23.3 Å². The Hall–Kier alpha value is -3.77. The van der Waals surface area contributed by atoms with Gasteiger partial charge in [0, 0.05) is 23.1 Å². The maximum atomic E-state index is 14.4. The van der Waals surface area contributed by atoms with E-state index in [0.717, 1.165) is 0 Å². The first-order valence-corrected chi connectivity index (χ1v) is 13.3. The van der Waals surface area contributed by atoms with Gasteiger partial charge >= 0.3 is 5.97 Å². The third-order valence-electron chi connectivity index (χ3n) is 7.95. The van der Waals surface area contributed by atoms with E-state index < -0.39 is 54.4 Å². The van der Waals surface area contributed by atoms with Crippen LogP contribution < -0.4 is 10.5 Å². The Morgan fingerprint density at radius 2 is 1.90 bits per heavy atom. The number of nitrogens with zero attached hydrogens (tertiary/aromatic N) is 1. The number of aryl methyl sites for hydroxylation is 1. The van der Waals surface area contributed by atoms with Gasteiger partial charge in [-0.25, -0.2) is 4.79 Å². The SMILES string of the molecule is Cc1cc(O)c2c(c1)[C@H]1OC(=O)[C@H](CCCN)N1C1=C2C(=O)c2cccc(O[C@H]3C[C@@H](O)[C@@H](O)[C@H](C)O3)c2C1=O. The van der Waals surface area contributed by atoms with Gasteiger partial charge in [-0.3, -0.25) is 9.59 Å². The smallest absolute Gasteiger partial charge is 0.331 e. The maximum Gasteiger partial charge on any atom is 0.331 e. The molecule has 2 fully saturated rings. The molecule has 0 spiro atoms. The summed E-state index contributed by atoms with van der Waals surface area (Å²) in [7, 11) is 0. The lowest BCUT2D eigenvalue weighted by molar-refractivity contribution is -0.216. The molecule has 1 aliphatic carbocycles. The standard InChI is InChI=1S/C29H30N2O9/c1-12-9-15-21(17(32)10-12)23-24(31-16(6-4-8-30)29(37)40-28(15)31)27(36)22-14(26(23)35)5-3-7-19(22)39-20-11-18(33)25(34)13(2)38-20/h3,5,7,9-10,13,16,18,20,25,28,32-34H,4,6,8,11,30H2,1-2H3/t13-,16-,18+,20-,25-,28+/m0/s1. The van der Waals surface area contributed by atoms with E-state index in [1.165, 1.54) is 23.1 Å². The second kappa shape index (κ2) is 9.70. The first kappa shape index (κ1) is 26.5. The molecule has 0 amide bonds. The molecule has 0 unspecified atom stereocenters. The summed E-state index contributed by atoms with van der Waals surface area (Å²) in [6, 6.07) is 6.97. The fraction of sp³-hybridized carbons (Fsp3) is 0.414. The normalized spacial score (nSPS) is 29.0. The highest BCUT2D eigenvalue weighted by molar-refractivity contribution is 6.41. The fourth-order valence-corrected chi connectivity index (χ4v) is 6.09. The lowest BCUT2D eigenvalue weighted by atomic mass is 9.78. The number of carbonyl (C=O) groups is 3. The average molecular weight is 551 g/mol. The molecular formula is C29H30N2O9. The van der Waals surface area contributed by atoms with Gasteiger partial charge in [-0.1, -0.05) is 12.1 Å². The number of ketones is 2. The van der Waals surface area contributed by atoms with Crippen LogP contribution >= 0.6 is 0 Å². The van der Waals surface area contributed by atoms with E-state index in [0.29, 0.717) is 30.5 Å². The van der Waals surface area contributed by atoms with Gasteiger partial charge in [-0.2, -0.15) is 0 Å². The van der Waals surface area contributed by atoms with Gasteiger partial charge in [0.2, 0.25) is 18.3 Å². The van der Waals surface area contributed by atoms with Gasteiger partial charge in [0.15, 0.2) is 5.78 Å². The molecule has 2 saturated heterocycles. The van der Waals surface area contributed by atoms with E-state index in [2.05, 4.69) is 0 Å². The van der Waals surface area contributed by atoms with Crippen molar-refractivity contribution in [3.8, 4) is 11.5 Å². The molecule has 3 heterocycles. The predicted octanol–water partition coefficient (Wildman–Crippen LogP) is 1.70. The minimum Gasteiger partial charge on any atom is -0.507 e. The molecule has 0 radical (unpaired) electrons. The van der Waals surface area contributed by atoms with Gasteiger partial charge in [-0.15, -0.1) is 0 Å². The second-order valence-electron chi connectivity index (χ2n) is 10.6. The maximum absolute atomic E-state index is 14.4. The molecule has 3 aliphatic heterocycles. The first-order chi connectivity index (χ1) is 19.1. The third-order valence-corrected chi connectivity index (χ3v) is 7.95. The lowest BCUT2D eigenvalue weighted by Gasteiger charge is -2.39. The Kier molecular flexibility index (Phi) is 6.42. The number of aliphatic hydroxyl groups is 2. The highest BCUT2D eigenvalue weighted by Gasteiger charge is 2.53. The van der Waals surface area contributed by atoms with E-state index in [1.54, 1.807) is 26.0 Å². The van der Waals surface area contributed by atoms with Crippen LogP contribution in [0.2, 0.25) is 0 Å². The summed E-state index contributed by atoms with van der Waals surface area (Å²) in [6.45, 7) is 3.68.